The Hall–Kier alpha value is -8.18. The third kappa shape index (κ3) is 10.5. The van der Waals surface area contributed by atoms with Gasteiger partial charge in [-0.3, -0.25) is 0 Å². The number of hydrogen-bond acceptors (Lipinski definition) is 5. The minimum atomic E-state index is -0.549. The van der Waals surface area contributed by atoms with Crippen molar-refractivity contribution in [2.75, 3.05) is 9.80 Å². The van der Waals surface area contributed by atoms with Gasteiger partial charge < -0.3 is 23.8 Å². The van der Waals surface area contributed by atoms with Gasteiger partial charge in [-0.05, 0) is 103 Å². The zero-order valence-corrected chi connectivity index (χ0v) is 47.7. The van der Waals surface area contributed by atoms with Crippen molar-refractivity contribution >= 4 is 44.6 Å². The van der Waals surface area contributed by atoms with Crippen LogP contribution in [0, 0.1) is 18.8 Å². The summed E-state index contributed by atoms with van der Waals surface area (Å²) in [7, 11) is 0. The second kappa shape index (κ2) is 20.9. The van der Waals surface area contributed by atoms with E-state index in [1.807, 2.05) is 98.1 Å². The molecule has 3 heterocycles. The second-order valence-electron chi connectivity index (χ2n) is 22.7. The SMILES string of the molecule is [2H]c1c([2H])c([2H])c(-c2cc(-c3cccc(-c4c([2H])c([2H])c([2H])c([2H])c4[2H])c3Oc3ccnc(-n4c5[c-]c(Oc6[c-]c(N7[CH-]N(c8cc(C(C)(C)C)cc(C(C)(C)C)c8)c8ccccc87)ccc6)ccc5c5ccccc54)c3)cc(C(C)(C)C)c2)c([2H])c1[2H].[Pt]. The van der Waals surface area contributed by atoms with Gasteiger partial charge >= 0.3 is 0 Å². The summed E-state index contributed by atoms with van der Waals surface area (Å²) in [6.45, 7) is 21.6. The van der Waals surface area contributed by atoms with Crippen molar-refractivity contribution in [2.45, 2.75) is 78.6 Å². The number of anilines is 4. The normalized spacial score (nSPS) is 14.4. The van der Waals surface area contributed by atoms with Crippen LogP contribution in [0.4, 0.5) is 22.7 Å². The van der Waals surface area contributed by atoms with Crippen molar-refractivity contribution in [1.82, 2.24) is 9.55 Å². The number of benzene rings is 9. The van der Waals surface area contributed by atoms with Crippen LogP contribution in [-0.4, -0.2) is 9.55 Å². The topological polar surface area (TPSA) is 42.8 Å². The van der Waals surface area contributed by atoms with Gasteiger partial charge in [0.2, 0.25) is 0 Å². The van der Waals surface area contributed by atoms with Crippen molar-refractivity contribution in [3.63, 3.8) is 0 Å². The number of fused-ring (bicyclic) bond motifs is 4. The average molecular weight is 1220 g/mol. The van der Waals surface area contributed by atoms with Crippen LogP contribution in [-0.2, 0) is 37.3 Å². The predicted octanol–water partition coefficient (Wildman–Crippen LogP) is 19.7. The van der Waals surface area contributed by atoms with Crippen molar-refractivity contribution < 1.29 is 44.2 Å². The van der Waals surface area contributed by atoms with E-state index in [-0.39, 0.29) is 72.2 Å². The summed E-state index contributed by atoms with van der Waals surface area (Å²) in [5.41, 5.74) is 9.38. The number of ether oxygens (including phenoxy) is 2. The summed E-state index contributed by atoms with van der Waals surface area (Å²) in [6, 6.07) is 49.4. The maximum atomic E-state index is 9.16. The Morgan fingerprint density at radius 1 is 0.494 bits per heavy atom. The minimum Gasteiger partial charge on any atom is -0.509 e. The fraction of sp³-hybridized carbons (Fsp3) is 0.167. The fourth-order valence-corrected chi connectivity index (χ4v) is 9.97. The first-order valence-electron chi connectivity index (χ1n) is 31.1. The van der Waals surface area contributed by atoms with E-state index in [0.717, 1.165) is 44.6 Å². The molecule has 0 saturated heterocycles. The van der Waals surface area contributed by atoms with E-state index in [2.05, 4.69) is 107 Å². The van der Waals surface area contributed by atoms with E-state index >= 15 is 0 Å². The molecule has 79 heavy (non-hydrogen) atoms. The van der Waals surface area contributed by atoms with E-state index in [1.54, 1.807) is 42.6 Å². The number of aromatic nitrogens is 2. The number of rotatable bonds is 10. The number of hydrogen-bond donors (Lipinski definition) is 0. The summed E-state index contributed by atoms with van der Waals surface area (Å²) < 4.78 is 103. The third-order valence-corrected chi connectivity index (χ3v) is 14.2. The van der Waals surface area contributed by atoms with Gasteiger partial charge in [-0.15, -0.1) is 48.1 Å². The molecule has 0 saturated carbocycles. The van der Waals surface area contributed by atoms with Crippen LogP contribution < -0.4 is 19.3 Å². The molecule has 0 atom stereocenters. The molecule has 7 heteroatoms. The molecule has 1 aliphatic rings. The molecule has 6 nitrogen and oxygen atoms in total. The van der Waals surface area contributed by atoms with Gasteiger partial charge in [-0.25, -0.2) is 4.98 Å². The minimum absolute atomic E-state index is 0. The fourth-order valence-electron chi connectivity index (χ4n) is 9.97. The number of nitrogens with zero attached hydrogens (tertiary/aromatic N) is 4. The first-order chi connectivity index (χ1) is 41.7. The average Bonchev–Trinajstić information content (AvgIpc) is 2.02. The van der Waals surface area contributed by atoms with E-state index in [4.69, 9.17) is 28.2 Å². The molecule has 0 N–H and O–H groups in total. The van der Waals surface area contributed by atoms with E-state index < -0.39 is 53.8 Å². The van der Waals surface area contributed by atoms with Crippen LogP contribution in [0.3, 0.4) is 0 Å². The quantitative estimate of drug-likeness (QED) is 0.128. The Bertz CT molecular complexity index is 4570. The molecule has 0 bridgehead atoms. The smallest absolute Gasteiger partial charge is 0.143 e. The zero-order chi connectivity index (χ0) is 62.6. The first-order valence-corrected chi connectivity index (χ1v) is 26.1. The Labute approximate surface area is 494 Å². The second-order valence-corrected chi connectivity index (χ2v) is 22.7. The monoisotopic (exact) mass is 1220 g/mol. The Balaban J connectivity index is 0.00000817. The number of para-hydroxylation sites is 4. The standard InChI is InChI=1S/C72H63N4O2.Pt/c1-70(2,3)52-39-50(48-22-12-10-13-23-48)38-51(40-52)61-30-21-29-60(49-24-14-11-15-25-49)69(61)78-59-36-37-73-68(46-59)76-64-31-17-16-28-62(64)63-35-34-58(45-67(63)76)77-57-27-20-26-55(44-57)74-47-75(66-33-19-18-32-65(66)74)56-42-53(71(4,5)6)41-54(43-56)72(7,8)9;/h10-43,46-47H,1-9H3;/q-3;/i10D,11D,12D,13D,14D,15D,22D,23D,24D,25D;. The maximum Gasteiger partial charge on any atom is 0.143 e. The summed E-state index contributed by atoms with van der Waals surface area (Å²) >= 11 is 0. The van der Waals surface area contributed by atoms with Gasteiger partial charge in [-0.1, -0.05) is 195 Å². The molecule has 0 aliphatic carbocycles. The molecule has 0 amide bonds. The van der Waals surface area contributed by atoms with Crippen LogP contribution >= 0.6 is 0 Å². The molecule has 0 unspecified atom stereocenters. The summed E-state index contributed by atoms with van der Waals surface area (Å²) in [5.74, 6) is 1.76. The van der Waals surface area contributed by atoms with Crippen LogP contribution in [0.25, 0.3) is 61.0 Å². The van der Waals surface area contributed by atoms with Crippen molar-refractivity contribution in [3.8, 4) is 62.2 Å². The van der Waals surface area contributed by atoms with Crippen molar-refractivity contribution in [2.24, 2.45) is 0 Å². The van der Waals surface area contributed by atoms with Gasteiger partial charge in [0.05, 0.1) is 13.7 Å². The Morgan fingerprint density at radius 3 is 1.78 bits per heavy atom. The first kappa shape index (κ1) is 41.9. The van der Waals surface area contributed by atoms with Gasteiger partial charge in [0, 0.05) is 78.5 Å². The molecule has 9 aromatic carbocycles. The summed E-state index contributed by atoms with van der Waals surface area (Å²) in [5, 5.41) is 1.81. The maximum absolute atomic E-state index is 9.16. The molecule has 12 rings (SSSR count). The van der Waals surface area contributed by atoms with E-state index in [0.29, 0.717) is 39.5 Å². The van der Waals surface area contributed by atoms with Crippen LogP contribution in [0.2, 0.25) is 0 Å². The predicted molar refractivity (Wildman–Crippen MR) is 323 cm³/mol. The van der Waals surface area contributed by atoms with E-state index in [1.165, 1.54) is 11.1 Å². The molecular weight excluding hydrogens is 1150 g/mol. The van der Waals surface area contributed by atoms with Crippen LogP contribution in [0.15, 0.2) is 212 Å². The summed E-state index contributed by atoms with van der Waals surface area (Å²) in [4.78, 5) is 9.28. The third-order valence-electron chi connectivity index (χ3n) is 14.2. The van der Waals surface area contributed by atoms with Gasteiger partial charge in [-0.2, -0.15) is 12.1 Å². The number of pyridine rings is 1. The molecule has 0 fully saturated rings. The molecule has 0 radical (unpaired) electrons. The molecule has 2 aromatic heterocycles. The summed E-state index contributed by atoms with van der Waals surface area (Å²) in [6.07, 6.45) is 1.61. The van der Waals surface area contributed by atoms with E-state index in [9.17, 15) is 0 Å². The van der Waals surface area contributed by atoms with Gasteiger partial charge in [0.25, 0.3) is 0 Å². The van der Waals surface area contributed by atoms with Crippen LogP contribution in [0.5, 0.6) is 23.0 Å². The molecule has 0 spiro atoms. The van der Waals surface area contributed by atoms with Crippen molar-refractivity contribution in [1.29, 1.82) is 0 Å². The molecule has 396 valence electrons. The Kier molecular flexibility index (Phi) is 11.1. The molecule has 11 aromatic rings. The Morgan fingerprint density at radius 2 is 1.09 bits per heavy atom. The van der Waals surface area contributed by atoms with Crippen LogP contribution in [0.1, 0.15) is 92.7 Å². The van der Waals surface area contributed by atoms with Gasteiger partial charge in [0.15, 0.2) is 0 Å². The largest absolute Gasteiger partial charge is 0.509 e. The molecular formula is C72H63N4O2Pt-3. The zero-order valence-electron chi connectivity index (χ0n) is 55.4. The van der Waals surface area contributed by atoms with Crippen molar-refractivity contribution in [3.05, 3.63) is 248 Å². The van der Waals surface area contributed by atoms with Gasteiger partial charge in [0.1, 0.15) is 17.3 Å². The molecule has 1 aliphatic heterocycles.